The van der Waals surface area contributed by atoms with Crippen LogP contribution in [0.5, 0.6) is 0 Å². The van der Waals surface area contributed by atoms with Crippen molar-refractivity contribution in [1.82, 2.24) is 5.32 Å². The molecule has 104 valence electrons. The maximum absolute atomic E-state index is 12.0. The highest BCUT2D eigenvalue weighted by Gasteiger charge is 2.22. The zero-order valence-corrected chi connectivity index (χ0v) is 12.4. The van der Waals surface area contributed by atoms with Gasteiger partial charge in [-0.3, -0.25) is 0 Å². The number of hydrogen-bond acceptors (Lipinski definition) is 2. The Kier molecular flexibility index (Phi) is 5.14. The lowest BCUT2D eigenvalue weighted by molar-refractivity contribution is 0.232. The van der Waals surface area contributed by atoms with Crippen molar-refractivity contribution in [3.63, 3.8) is 0 Å². The zero-order chi connectivity index (χ0) is 13.7. The zero-order valence-electron chi connectivity index (χ0n) is 11.6. The number of nitrogens with one attached hydrogen (secondary N) is 2. The van der Waals surface area contributed by atoms with Gasteiger partial charge in [-0.2, -0.15) is 0 Å². The van der Waals surface area contributed by atoms with Gasteiger partial charge in [0.15, 0.2) is 0 Å². The van der Waals surface area contributed by atoms with Crippen molar-refractivity contribution < 1.29 is 4.79 Å². The summed E-state index contributed by atoms with van der Waals surface area (Å²) >= 11 is 1.67. The van der Waals surface area contributed by atoms with E-state index in [-0.39, 0.29) is 6.03 Å². The average molecular weight is 278 g/mol. The lowest BCUT2D eigenvalue weighted by Gasteiger charge is -2.29. The molecule has 0 aliphatic heterocycles. The minimum Gasteiger partial charge on any atom is -0.335 e. The topological polar surface area (TPSA) is 41.1 Å². The first-order valence-electron chi connectivity index (χ1n) is 6.90. The lowest BCUT2D eigenvalue weighted by Crippen LogP contribution is -2.43. The molecule has 1 fully saturated rings. The van der Waals surface area contributed by atoms with Crippen LogP contribution in [0.3, 0.4) is 0 Å². The minimum atomic E-state index is -0.0861. The predicted molar refractivity (Wildman–Crippen MR) is 81.8 cm³/mol. The van der Waals surface area contributed by atoms with E-state index in [9.17, 15) is 4.79 Å². The first kappa shape index (κ1) is 14.3. The van der Waals surface area contributed by atoms with Crippen molar-refractivity contribution in [3.05, 3.63) is 24.3 Å². The van der Waals surface area contributed by atoms with E-state index in [0.29, 0.717) is 12.0 Å². The van der Waals surface area contributed by atoms with Crippen LogP contribution in [0.4, 0.5) is 10.5 Å². The molecule has 19 heavy (non-hydrogen) atoms. The largest absolute Gasteiger partial charge is 0.335 e. The molecule has 4 heteroatoms. The Hall–Kier alpha value is -1.16. The van der Waals surface area contributed by atoms with Crippen LogP contribution in [-0.4, -0.2) is 18.3 Å². The van der Waals surface area contributed by atoms with Gasteiger partial charge < -0.3 is 10.6 Å². The van der Waals surface area contributed by atoms with Crippen LogP contribution >= 0.6 is 11.8 Å². The smallest absolute Gasteiger partial charge is 0.319 e. The number of anilines is 1. The van der Waals surface area contributed by atoms with E-state index >= 15 is 0 Å². The molecule has 1 saturated carbocycles. The summed E-state index contributed by atoms with van der Waals surface area (Å²) in [5.41, 5.74) is 0.854. The fourth-order valence-corrected chi connectivity index (χ4v) is 3.03. The normalized spacial score (nSPS) is 22.8. The Labute approximate surface area is 119 Å². The molecule has 1 aliphatic rings. The summed E-state index contributed by atoms with van der Waals surface area (Å²) < 4.78 is 0. The van der Waals surface area contributed by atoms with Gasteiger partial charge in [0, 0.05) is 16.6 Å². The Morgan fingerprint density at radius 2 is 2.11 bits per heavy atom. The summed E-state index contributed by atoms with van der Waals surface area (Å²) in [6.07, 6.45) is 6.85. The Morgan fingerprint density at radius 1 is 1.32 bits per heavy atom. The number of urea groups is 1. The minimum absolute atomic E-state index is 0.0861. The Bertz CT molecular complexity index is 436. The van der Waals surface area contributed by atoms with Gasteiger partial charge in [-0.1, -0.05) is 25.8 Å². The summed E-state index contributed by atoms with van der Waals surface area (Å²) in [7, 11) is 0. The first-order valence-corrected chi connectivity index (χ1v) is 8.13. The molecule has 2 N–H and O–H groups in total. The first-order chi connectivity index (χ1) is 9.19. The molecule has 0 spiro atoms. The lowest BCUT2D eigenvalue weighted by atomic mass is 9.86. The Morgan fingerprint density at radius 3 is 2.84 bits per heavy atom. The van der Waals surface area contributed by atoms with Crippen LogP contribution in [0.15, 0.2) is 29.2 Å². The fraction of sp³-hybridized carbons (Fsp3) is 0.533. The number of rotatable bonds is 3. The second-order valence-corrected chi connectivity index (χ2v) is 6.08. The molecule has 0 unspecified atom stereocenters. The summed E-state index contributed by atoms with van der Waals surface area (Å²) in [6.45, 7) is 2.22. The highest BCUT2D eigenvalue weighted by Crippen LogP contribution is 2.24. The second kappa shape index (κ2) is 6.85. The summed E-state index contributed by atoms with van der Waals surface area (Å²) in [5.74, 6) is 0.581. The van der Waals surface area contributed by atoms with Gasteiger partial charge in [0.25, 0.3) is 0 Å². The van der Waals surface area contributed by atoms with E-state index in [1.807, 2.05) is 30.5 Å². The standard InChI is InChI=1S/C15H22N2OS/c1-11-6-3-4-9-14(11)17-15(18)16-12-7-5-8-13(10-12)19-2/h5,7-8,10-11,14H,3-4,6,9H2,1-2H3,(H2,16,17,18)/t11-,14-/m0/s1. The van der Waals surface area contributed by atoms with Crippen molar-refractivity contribution in [2.75, 3.05) is 11.6 Å². The van der Waals surface area contributed by atoms with Gasteiger partial charge in [0.1, 0.15) is 0 Å². The maximum atomic E-state index is 12.0. The molecule has 2 atom stereocenters. The number of carbonyl (C=O) groups is 1. The summed E-state index contributed by atoms with van der Waals surface area (Å²) in [5, 5.41) is 6.02. The monoisotopic (exact) mass is 278 g/mol. The predicted octanol–water partition coefficient (Wildman–Crippen LogP) is 4.11. The van der Waals surface area contributed by atoms with E-state index in [0.717, 1.165) is 17.0 Å². The van der Waals surface area contributed by atoms with Crippen molar-refractivity contribution >= 4 is 23.5 Å². The van der Waals surface area contributed by atoms with Gasteiger partial charge in [0.2, 0.25) is 0 Å². The number of thioether (sulfide) groups is 1. The third kappa shape index (κ3) is 4.16. The summed E-state index contributed by atoms with van der Waals surface area (Å²) in [4.78, 5) is 13.2. The van der Waals surface area contributed by atoms with Crippen LogP contribution in [0, 0.1) is 5.92 Å². The molecule has 0 aromatic heterocycles. The van der Waals surface area contributed by atoms with Crippen molar-refractivity contribution in [1.29, 1.82) is 0 Å². The number of carbonyl (C=O) groups excluding carboxylic acids is 1. The second-order valence-electron chi connectivity index (χ2n) is 5.20. The molecule has 0 bridgehead atoms. The molecule has 0 radical (unpaired) electrons. The van der Waals surface area contributed by atoms with Gasteiger partial charge in [-0.15, -0.1) is 11.8 Å². The van der Waals surface area contributed by atoms with E-state index in [2.05, 4.69) is 17.6 Å². The Balaban J connectivity index is 1.89. The molecule has 3 nitrogen and oxygen atoms in total. The fourth-order valence-electron chi connectivity index (χ4n) is 2.57. The van der Waals surface area contributed by atoms with Gasteiger partial charge in [-0.05, 0) is 43.2 Å². The van der Waals surface area contributed by atoms with Crippen LogP contribution in [0.1, 0.15) is 32.6 Å². The van der Waals surface area contributed by atoms with Crippen molar-refractivity contribution in [2.24, 2.45) is 5.92 Å². The van der Waals surface area contributed by atoms with Crippen molar-refractivity contribution in [3.8, 4) is 0 Å². The van der Waals surface area contributed by atoms with Crippen LogP contribution in [0.25, 0.3) is 0 Å². The van der Waals surface area contributed by atoms with E-state index in [4.69, 9.17) is 0 Å². The summed E-state index contributed by atoms with van der Waals surface area (Å²) in [6, 6.07) is 8.15. The highest BCUT2D eigenvalue weighted by molar-refractivity contribution is 7.98. The molecule has 1 aromatic rings. The molecule has 0 heterocycles. The van der Waals surface area contributed by atoms with Crippen LogP contribution < -0.4 is 10.6 Å². The van der Waals surface area contributed by atoms with E-state index in [1.54, 1.807) is 11.8 Å². The molecular formula is C15H22N2OS. The quantitative estimate of drug-likeness (QED) is 0.817. The SMILES string of the molecule is CSc1cccc(NC(=O)N[C@H]2CCCC[C@@H]2C)c1. The van der Waals surface area contributed by atoms with Gasteiger partial charge in [0.05, 0.1) is 0 Å². The molecule has 0 saturated heterocycles. The van der Waals surface area contributed by atoms with Gasteiger partial charge in [-0.25, -0.2) is 4.79 Å². The van der Waals surface area contributed by atoms with Gasteiger partial charge >= 0.3 is 6.03 Å². The molecule has 1 aliphatic carbocycles. The number of hydrogen-bond donors (Lipinski definition) is 2. The third-order valence-corrected chi connectivity index (χ3v) is 4.48. The molecule has 2 rings (SSSR count). The average Bonchev–Trinajstić information content (AvgIpc) is 2.41. The highest BCUT2D eigenvalue weighted by atomic mass is 32.2. The van der Waals surface area contributed by atoms with Crippen LogP contribution in [0.2, 0.25) is 0 Å². The molecule has 2 amide bonds. The maximum Gasteiger partial charge on any atom is 0.319 e. The van der Waals surface area contributed by atoms with Crippen molar-refractivity contribution in [2.45, 2.75) is 43.5 Å². The molecular weight excluding hydrogens is 256 g/mol. The third-order valence-electron chi connectivity index (χ3n) is 3.76. The van der Waals surface area contributed by atoms with E-state index < -0.39 is 0 Å². The molecule has 1 aromatic carbocycles. The van der Waals surface area contributed by atoms with E-state index in [1.165, 1.54) is 19.3 Å². The van der Waals surface area contributed by atoms with Crippen LogP contribution in [-0.2, 0) is 0 Å². The number of amides is 2. The number of benzene rings is 1.